The van der Waals surface area contributed by atoms with Crippen LogP contribution in [0.2, 0.25) is 0 Å². The van der Waals surface area contributed by atoms with Gasteiger partial charge >= 0.3 is 0 Å². The Hall–Kier alpha value is 0.200. The molecule has 3 heteroatoms. The van der Waals surface area contributed by atoms with Gasteiger partial charge in [0.25, 0.3) is 0 Å². The fourth-order valence-corrected chi connectivity index (χ4v) is 2.39. The first-order valence-corrected chi connectivity index (χ1v) is 8.36. The van der Waals surface area contributed by atoms with Crippen molar-refractivity contribution in [3.63, 3.8) is 0 Å². The number of hydrogen-bond acceptors (Lipinski definition) is 1. The lowest BCUT2D eigenvalue weighted by atomic mass is 10.1. The van der Waals surface area contributed by atoms with Gasteiger partial charge < -0.3 is 5.73 Å². The monoisotopic (exact) mass is 353 g/mol. The van der Waals surface area contributed by atoms with Gasteiger partial charge in [-0.3, -0.25) is 4.79 Å². The van der Waals surface area contributed by atoms with Gasteiger partial charge in [0.05, 0.1) is 3.92 Å². The van der Waals surface area contributed by atoms with Crippen LogP contribution in [0.4, 0.5) is 0 Å². The fraction of sp³-hybridized carbons (Fsp3) is 0.929. The van der Waals surface area contributed by atoms with Crippen LogP contribution in [0.15, 0.2) is 0 Å². The largest absolute Gasteiger partial charge is 0.369 e. The molecule has 0 fully saturated rings. The third kappa shape index (κ3) is 12.4. The number of carbonyl (C=O) groups is 1. The Morgan fingerprint density at radius 2 is 1.35 bits per heavy atom. The van der Waals surface area contributed by atoms with Crippen LogP contribution in [-0.4, -0.2) is 9.83 Å². The molecule has 0 saturated heterocycles. The van der Waals surface area contributed by atoms with Crippen LogP contribution in [0, 0.1) is 0 Å². The summed E-state index contributed by atoms with van der Waals surface area (Å²) in [6, 6.07) is 0. The summed E-state index contributed by atoms with van der Waals surface area (Å²) in [6.45, 7) is 2.26. The van der Waals surface area contributed by atoms with Crippen LogP contribution in [0.1, 0.15) is 77.6 Å². The highest BCUT2D eigenvalue weighted by molar-refractivity contribution is 14.1. The van der Waals surface area contributed by atoms with Crippen LogP contribution >= 0.6 is 22.6 Å². The number of halogens is 1. The standard InChI is InChI=1S/C14H28INO/c1-2-3-4-5-6-7-8-9-10-11-12-13(15)14(16)17/h13H,2-12H2,1H3,(H2,16,17). The van der Waals surface area contributed by atoms with E-state index in [1.54, 1.807) is 0 Å². The van der Waals surface area contributed by atoms with Crippen molar-refractivity contribution in [2.24, 2.45) is 5.73 Å². The first kappa shape index (κ1) is 17.2. The van der Waals surface area contributed by atoms with Crippen LogP contribution in [-0.2, 0) is 4.79 Å². The summed E-state index contributed by atoms with van der Waals surface area (Å²) in [5, 5.41) is 0. The summed E-state index contributed by atoms with van der Waals surface area (Å²) < 4.78 is 0.0293. The second-order valence-electron chi connectivity index (χ2n) is 4.84. The summed E-state index contributed by atoms with van der Waals surface area (Å²) in [5.41, 5.74) is 5.21. The molecule has 0 aliphatic rings. The zero-order chi connectivity index (χ0) is 12.9. The lowest BCUT2D eigenvalue weighted by Crippen LogP contribution is -2.22. The van der Waals surface area contributed by atoms with E-state index in [1.165, 1.54) is 57.8 Å². The highest BCUT2D eigenvalue weighted by Crippen LogP contribution is 2.14. The molecule has 102 valence electrons. The number of carbonyl (C=O) groups excluding carboxylic acids is 1. The van der Waals surface area contributed by atoms with Gasteiger partial charge in [-0.25, -0.2) is 0 Å². The number of unbranched alkanes of at least 4 members (excludes halogenated alkanes) is 9. The Bertz CT molecular complexity index is 185. The van der Waals surface area contributed by atoms with Crippen molar-refractivity contribution < 1.29 is 4.79 Å². The van der Waals surface area contributed by atoms with Crippen LogP contribution < -0.4 is 5.73 Å². The molecule has 0 spiro atoms. The molecule has 0 aromatic carbocycles. The molecule has 0 aromatic rings. The average molecular weight is 353 g/mol. The summed E-state index contributed by atoms with van der Waals surface area (Å²) in [6.07, 6.45) is 14.3. The van der Waals surface area contributed by atoms with Gasteiger partial charge in [0.1, 0.15) is 0 Å². The van der Waals surface area contributed by atoms with E-state index in [0.29, 0.717) is 0 Å². The lowest BCUT2D eigenvalue weighted by molar-refractivity contribution is -0.117. The highest BCUT2D eigenvalue weighted by atomic mass is 127. The normalized spacial score (nSPS) is 12.6. The molecule has 2 N–H and O–H groups in total. The Morgan fingerprint density at radius 1 is 0.941 bits per heavy atom. The van der Waals surface area contributed by atoms with E-state index in [0.717, 1.165) is 12.8 Å². The number of primary amides is 1. The molecule has 2 nitrogen and oxygen atoms in total. The minimum Gasteiger partial charge on any atom is -0.369 e. The van der Waals surface area contributed by atoms with E-state index in [-0.39, 0.29) is 9.83 Å². The predicted molar refractivity (Wildman–Crippen MR) is 83.5 cm³/mol. The molecule has 0 saturated carbocycles. The number of nitrogens with two attached hydrogens (primary N) is 1. The molecule has 0 radical (unpaired) electrons. The zero-order valence-corrected chi connectivity index (χ0v) is 13.4. The number of alkyl halides is 1. The van der Waals surface area contributed by atoms with Gasteiger partial charge in [0, 0.05) is 0 Å². The Labute approximate surface area is 120 Å². The predicted octanol–water partition coefficient (Wildman–Crippen LogP) is 4.59. The maximum Gasteiger partial charge on any atom is 0.230 e. The van der Waals surface area contributed by atoms with E-state index in [4.69, 9.17) is 5.73 Å². The third-order valence-corrected chi connectivity index (χ3v) is 4.36. The average Bonchev–Trinajstić information content (AvgIpc) is 2.31. The van der Waals surface area contributed by atoms with Crippen LogP contribution in [0.5, 0.6) is 0 Å². The van der Waals surface area contributed by atoms with Gasteiger partial charge in [-0.05, 0) is 6.42 Å². The summed E-state index contributed by atoms with van der Waals surface area (Å²) >= 11 is 2.14. The van der Waals surface area contributed by atoms with E-state index in [9.17, 15) is 4.79 Å². The molecule has 1 unspecified atom stereocenters. The van der Waals surface area contributed by atoms with E-state index >= 15 is 0 Å². The molecule has 1 amide bonds. The zero-order valence-electron chi connectivity index (χ0n) is 11.2. The first-order chi connectivity index (χ1) is 8.18. The fourth-order valence-electron chi connectivity index (χ4n) is 1.95. The lowest BCUT2D eigenvalue weighted by Gasteiger charge is -2.05. The molecule has 1 atom stereocenters. The SMILES string of the molecule is CCCCCCCCCCCCC(I)C(N)=O. The van der Waals surface area contributed by atoms with Crippen molar-refractivity contribution in [3.8, 4) is 0 Å². The second-order valence-corrected chi connectivity index (χ2v) is 6.34. The summed E-state index contributed by atoms with van der Waals surface area (Å²) in [5.74, 6) is -0.165. The molecular formula is C14H28INO. The molecule has 0 aliphatic carbocycles. The van der Waals surface area contributed by atoms with Crippen molar-refractivity contribution in [2.45, 2.75) is 81.5 Å². The minimum absolute atomic E-state index is 0.0293. The third-order valence-electron chi connectivity index (χ3n) is 3.12. The molecule has 0 heterocycles. The topological polar surface area (TPSA) is 43.1 Å². The second kappa shape index (κ2) is 12.7. The van der Waals surface area contributed by atoms with Crippen molar-refractivity contribution in [2.75, 3.05) is 0 Å². The molecule has 0 aliphatic heterocycles. The molecule has 0 aromatic heterocycles. The Morgan fingerprint density at radius 3 is 1.76 bits per heavy atom. The van der Waals surface area contributed by atoms with Gasteiger partial charge in [0.15, 0.2) is 0 Å². The van der Waals surface area contributed by atoms with E-state index in [1.807, 2.05) is 0 Å². The highest BCUT2D eigenvalue weighted by Gasteiger charge is 2.08. The first-order valence-electron chi connectivity index (χ1n) is 7.12. The maximum atomic E-state index is 10.8. The smallest absolute Gasteiger partial charge is 0.230 e. The van der Waals surface area contributed by atoms with Crippen LogP contribution in [0.3, 0.4) is 0 Å². The Balaban J connectivity index is 3.06. The quantitative estimate of drug-likeness (QED) is 0.311. The summed E-state index contributed by atoms with van der Waals surface area (Å²) in [7, 11) is 0. The van der Waals surface area contributed by atoms with Crippen molar-refractivity contribution >= 4 is 28.5 Å². The molecular weight excluding hydrogens is 325 g/mol. The van der Waals surface area contributed by atoms with Crippen molar-refractivity contribution in [1.29, 1.82) is 0 Å². The molecule has 0 rings (SSSR count). The molecule has 0 bridgehead atoms. The maximum absolute atomic E-state index is 10.8. The number of rotatable bonds is 12. The van der Waals surface area contributed by atoms with Gasteiger partial charge in [-0.2, -0.15) is 0 Å². The minimum atomic E-state index is -0.165. The Kier molecular flexibility index (Phi) is 12.8. The molecule has 17 heavy (non-hydrogen) atoms. The van der Waals surface area contributed by atoms with Gasteiger partial charge in [-0.15, -0.1) is 0 Å². The number of amides is 1. The van der Waals surface area contributed by atoms with E-state index in [2.05, 4.69) is 29.5 Å². The van der Waals surface area contributed by atoms with Crippen LogP contribution in [0.25, 0.3) is 0 Å². The van der Waals surface area contributed by atoms with Crippen molar-refractivity contribution in [3.05, 3.63) is 0 Å². The number of hydrogen-bond donors (Lipinski definition) is 1. The van der Waals surface area contributed by atoms with Crippen molar-refractivity contribution in [1.82, 2.24) is 0 Å². The van der Waals surface area contributed by atoms with Gasteiger partial charge in [0.2, 0.25) is 5.91 Å². The van der Waals surface area contributed by atoms with Gasteiger partial charge in [-0.1, -0.05) is 93.7 Å². The van der Waals surface area contributed by atoms with E-state index < -0.39 is 0 Å². The summed E-state index contributed by atoms with van der Waals surface area (Å²) in [4.78, 5) is 10.8.